The highest BCUT2D eigenvalue weighted by Crippen LogP contribution is 2.27. The van der Waals surface area contributed by atoms with Crippen molar-refractivity contribution < 1.29 is 19.5 Å². The van der Waals surface area contributed by atoms with Gasteiger partial charge in [-0.3, -0.25) is 9.59 Å². The first kappa shape index (κ1) is 14.5. The zero-order chi connectivity index (χ0) is 15.7. The molecule has 2 heterocycles. The lowest BCUT2D eigenvalue weighted by molar-refractivity contribution is -0.127. The molecule has 1 aromatic heterocycles. The van der Waals surface area contributed by atoms with E-state index >= 15 is 0 Å². The summed E-state index contributed by atoms with van der Waals surface area (Å²) in [7, 11) is 0. The van der Waals surface area contributed by atoms with E-state index in [9.17, 15) is 14.4 Å². The van der Waals surface area contributed by atoms with Gasteiger partial charge in [0.2, 0.25) is 5.91 Å². The van der Waals surface area contributed by atoms with Crippen LogP contribution in [-0.2, 0) is 4.79 Å². The van der Waals surface area contributed by atoms with Crippen molar-refractivity contribution in [1.82, 2.24) is 15.2 Å². The molecule has 2 unspecified atom stereocenters. The Morgan fingerprint density at radius 2 is 2.09 bits per heavy atom. The molecule has 0 aromatic carbocycles. The van der Waals surface area contributed by atoms with Gasteiger partial charge >= 0.3 is 5.97 Å². The number of piperazine rings is 1. The van der Waals surface area contributed by atoms with Gasteiger partial charge in [0.05, 0.1) is 6.04 Å². The normalized spacial score (nSPS) is 24.4. The number of hydrogen-bond acceptors (Lipinski definition) is 4. The molecule has 116 valence electrons. The van der Waals surface area contributed by atoms with Crippen LogP contribution >= 0.6 is 0 Å². The van der Waals surface area contributed by atoms with Crippen molar-refractivity contribution in [2.75, 3.05) is 6.54 Å². The van der Waals surface area contributed by atoms with E-state index in [1.165, 1.54) is 18.3 Å². The highest BCUT2D eigenvalue weighted by Gasteiger charge is 2.39. The number of amides is 2. The molecular weight excluding hydrogens is 286 g/mol. The molecule has 0 spiro atoms. The maximum atomic E-state index is 12.7. The van der Waals surface area contributed by atoms with Crippen molar-refractivity contribution >= 4 is 17.8 Å². The Balaban J connectivity index is 1.87. The summed E-state index contributed by atoms with van der Waals surface area (Å²) < 4.78 is 0. The molecule has 0 bridgehead atoms. The SMILES string of the molecule is O=C1CN(C(=O)c2ccnc(C(=O)O)c2)C2CCCCC2N1. The second-order valence-corrected chi connectivity index (χ2v) is 5.69. The zero-order valence-electron chi connectivity index (χ0n) is 12.0. The molecule has 1 aliphatic heterocycles. The Morgan fingerprint density at radius 1 is 1.32 bits per heavy atom. The first-order valence-electron chi connectivity index (χ1n) is 7.36. The predicted molar refractivity (Wildman–Crippen MR) is 76.4 cm³/mol. The number of carbonyl (C=O) groups excluding carboxylic acids is 2. The van der Waals surface area contributed by atoms with E-state index in [-0.39, 0.29) is 41.7 Å². The molecule has 3 rings (SSSR count). The molecule has 2 aliphatic rings. The molecule has 1 aromatic rings. The number of carbonyl (C=O) groups is 3. The fourth-order valence-corrected chi connectivity index (χ4v) is 3.25. The molecular formula is C15H17N3O4. The molecule has 2 atom stereocenters. The molecule has 1 saturated carbocycles. The number of nitrogens with one attached hydrogen (secondary N) is 1. The second-order valence-electron chi connectivity index (χ2n) is 5.69. The molecule has 1 aliphatic carbocycles. The number of fused-ring (bicyclic) bond motifs is 1. The van der Waals surface area contributed by atoms with Crippen LogP contribution in [0.15, 0.2) is 18.3 Å². The Morgan fingerprint density at radius 3 is 2.86 bits per heavy atom. The Bertz CT molecular complexity index is 631. The molecule has 2 fully saturated rings. The highest BCUT2D eigenvalue weighted by atomic mass is 16.4. The quantitative estimate of drug-likeness (QED) is 0.836. The summed E-state index contributed by atoms with van der Waals surface area (Å²) in [6.07, 6.45) is 5.10. The number of aromatic carboxylic acids is 1. The monoisotopic (exact) mass is 303 g/mol. The minimum Gasteiger partial charge on any atom is -0.477 e. The van der Waals surface area contributed by atoms with Crippen molar-refractivity contribution in [1.29, 1.82) is 0 Å². The summed E-state index contributed by atoms with van der Waals surface area (Å²) in [6, 6.07) is 2.73. The van der Waals surface area contributed by atoms with Gasteiger partial charge in [0.1, 0.15) is 12.2 Å². The molecule has 0 radical (unpaired) electrons. The lowest BCUT2D eigenvalue weighted by atomic mass is 9.87. The van der Waals surface area contributed by atoms with Crippen LogP contribution < -0.4 is 5.32 Å². The van der Waals surface area contributed by atoms with Crippen molar-refractivity contribution in [3.8, 4) is 0 Å². The van der Waals surface area contributed by atoms with Crippen molar-refractivity contribution in [3.63, 3.8) is 0 Å². The standard InChI is InChI=1S/C15H17N3O4/c19-13-8-18(12-4-2-1-3-10(12)17-13)14(20)9-5-6-16-11(7-9)15(21)22/h5-7,10,12H,1-4,8H2,(H,17,19)(H,21,22). The molecule has 7 nitrogen and oxygen atoms in total. The molecule has 2 amide bonds. The van der Waals surface area contributed by atoms with E-state index in [4.69, 9.17) is 5.11 Å². The first-order valence-corrected chi connectivity index (χ1v) is 7.36. The third-order valence-corrected chi connectivity index (χ3v) is 4.28. The van der Waals surface area contributed by atoms with Crippen molar-refractivity contribution in [2.45, 2.75) is 37.8 Å². The van der Waals surface area contributed by atoms with Crippen LogP contribution in [0.4, 0.5) is 0 Å². The van der Waals surface area contributed by atoms with Gasteiger partial charge in [0, 0.05) is 17.8 Å². The minimum atomic E-state index is -1.18. The van der Waals surface area contributed by atoms with E-state index in [2.05, 4.69) is 10.3 Å². The van der Waals surface area contributed by atoms with Crippen LogP contribution in [0.1, 0.15) is 46.5 Å². The van der Waals surface area contributed by atoms with Crippen molar-refractivity contribution in [2.24, 2.45) is 0 Å². The van der Waals surface area contributed by atoms with Crippen LogP contribution in [0.25, 0.3) is 0 Å². The third kappa shape index (κ3) is 2.66. The summed E-state index contributed by atoms with van der Waals surface area (Å²) >= 11 is 0. The van der Waals surface area contributed by atoms with Crippen LogP contribution in [0.5, 0.6) is 0 Å². The maximum Gasteiger partial charge on any atom is 0.354 e. The predicted octanol–water partition coefficient (Wildman–Crippen LogP) is 0.663. The van der Waals surface area contributed by atoms with Gasteiger partial charge in [-0.2, -0.15) is 0 Å². The van der Waals surface area contributed by atoms with Crippen molar-refractivity contribution in [3.05, 3.63) is 29.6 Å². The number of aromatic nitrogens is 1. The van der Waals surface area contributed by atoms with Crippen LogP contribution in [-0.4, -0.2) is 51.4 Å². The van der Waals surface area contributed by atoms with Gasteiger partial charge in [0.15, 0.2) is 0 Å². The fraction of sp³-hybridized carbons (Fsp3) is 0.467. The van der Waals surface area contributed by atoms with E-state index in [0.717, 1.165) is 25.7 Å². The summed E-state index contributed by atoms with van der Waals surface area (Å²) in [5.41, 5.74) is 0.0823. The molecule has 7 heteroatoms. The van der Waals surface area contributed by atoms with Crippen LogP contribution in [0, 0.1) is 0 Å². The lowest BCUT2D eigenvalue weighted by Crippen LogP contribution is -2.62. The van der Waals surface area contributed by atoms with E-state index in [1.54, 1.807) is 4.90 Å². The summed E-state index contributed by atoms with van der Waals surface area (Å²) in [5, 5.41) is 11.9. The highest BCUT2D eigenvalue weighted by molar-refractivity contribution is 5.99. The topological polar surface area (TPSA) is 99.6 Å². The number of carboxylic acids is 1. The van der Waals surface area contributed by atoms with Gasteiger partial charge < -0.3 is 15.3 Å². The second kappa shape index (κ2) is 5.75. The maximum absolute atomic E-state index is 12.7. The van der Waals surface area contributed by atoms with E-state index in [0.29, 0.717) is 0 Å². The van der Waals surface area contributed by atoms with Gasteiger partial charge in [-0.05, 0) is 25.0 Å². The van der Waals surface area contributed by atoms with Gasteiger partial charge in [0.25, 0.3) is 5.91 Å². The van der Waals surface area contributed by atoms with E-state index < -0.39 is 5.97 Å². The summed E-state index contributed by atoms with van der Waals surface area (Å²) in [5.74, 6) is -1.65. The number of nitrogens with zero attached hydrogens (tertiary/aromatic N) is 2. The van der Waals surface area contributed by atoms with Gasteiger partial charge in [-0.25, -0.2) is 9.78 Å². The van der Waals surface area contributed by atoms with Gasteiger partial charge in [-0.1, -0.05) is 12.8 Å². The molecule has 22 heavy (non-hydrogen) atoms. The van der Waals surface area contributed by atoms with E-state index in [1.807, 2.05) is 0 Å². The zero-order valence-corrected chi connectivity index (χ0v) is 12.0. The lowest BCUT2D eigenvalue weighted by Gasteiger charge is -2.43. The fourth-order valence-electron chi connectivity index (χ4n) is 3.25. The average Bonchev–Trinajstić information content (AvgIpc) is 2.53. The number of pyridine rings is 1. The van der Waals surface area contributed by atoms with Crippen LogP contribution in [0.3, 0.4) is 0 Å². The smallest absolute Gasteiger partial charge is 0.354 e. The third-order valence-electron chi connectivity index (χ3n) is 4.28. The Kier molecular flexibility index (Phi) is 3.79. The Hall–Kier alpha value is -2.44. The summed E-state index contributed by atoms with van der Waals surface area (Å²) in [6.45, 7) is 0.0186. The minimum absolute atomic E-state index is 0.000249. The first-order chi connectivity index (χ1) is 10.6. The number of rotatable bonds is 2. The number of hydrogen-bond donors (Lipinski definition) is 2. The number of carboxylic acid groups (broad SMARTS) is 1. The average molecular weight is 303 g/mol. The molecule has 1 saturated heterocycles. The van der Waals surface area contributed by atoms with Crippen LogP contribution in [0.2, 0.25) is 0 Å². The summed E-state index contributed by atoms with van der Waals surface area (Å²) in [4.78, 5) is 40.8. The largest absolute Gasteiger partial charge is 0.477 e. The Labute approximate surface area is 127 Å². The van der Waals surface area contributed by atoms with Gasteiger partial charge in [-0.15, -0.1) is 0 Å². The molecule has 2 N–H and O–H groups in total.